The molecule has 0 unspecified atom stereocenters. The Morgan fingerprint density at radius 3 is 2.43 bits per heavy atom. The monoisotopic (exact) mass is 290 g/mol. The van der Waals surface area contributed by atoms with Crippen LogP contribution >= 0.6 is 0 Å². The molecule has 0 atom stereocenters. The van der Waals surface area contributed by atoms with Crippen LogP contribution in [0, 0.1) is 0 Å². The van der Waals surface area contributed by atoms with E-state index in [-0.39, 0.29) is 5.91 Å². The highest BCUT2D eigenvalue weighted by Crippen LogP contribution is 2.02. The molecule has 1 aliphatic rings. The van der Waals surface area contributed by atoms with Gasteiger partial charge in [0.2, 0.25) is 5.91 Å². The summed E-state index contributed by atoms with van der Waals surface area (Å²) < 4.78 is 0. The lowest BCUT2D eigenvalue weighted by atomic mass is 10.2. The largest absolute Gasteiger partial charge is 0.351 e. The van der Waals surface area contributed by atoms with Crippen molar-refractivity contribution in [3.05, 3.63) is 35.9 Å². The summed E-state index contributed by atoms with van der Waals surface area (Å²) in [6.07, 6.45) is 1.05. The Morgan fingerprint density at radius 2 is 1.76 bits per heavy atom. The number of piperazine rings is 1. The van der Waals surface area contributed by atoms with Crippen molar-refractivity contribution in [3.63, 3.8) is 0 Å². The highest BCUT2D eigenvalue weighted by atomic mass is 16.2. The lowest BCUT2D eigenvalue weighted by Crippen LogP contribution is -2.49. The van der Waals surface area contributed by atoms with Crippen molar-refractivity contribution in [2.24, 2.45) is 5.73 Å². The maximum Gasteiger partial charge on any atom is 0.234 e. The van der Waals surface area contributed by atoms with E-state index in [0.717, 1.165) is 51.3 Å². The molecule has 1 aromatic rings. The van der Waals surface area contributed by atoms with Gasteiger partial charge in [-0.3, -0.25) is 9.69 Å². The highest BCUT2D eigenvalue weighted by Gasteiger charge is 2.18. The molecule has 0 saturated carbocycles. The number of nitrogens with one attached hydrogen (secondary N) is 1. The second-order valence-electron chi connectivity index (χ2n) is 5.52. The van der Waals surface area contributed by atoms with E-state index in [1.807, 2.05) is 30.3 Å². The van der Waals surface area contributed by atoms with Gasteiger partial charge in [0.1, 0.15) is 0 Å². The number of rotatable bonds is 7. The van der Waals surface area contributed by atoms with Gasteiger partial charge in [0.25, 0.3) is 0 Å². The van der Waals surface area contributed by atoms with Crippen LogP contribution in [0.3, 0.4) is 0 Å². The van der Waals surface area contributed by atoms with Crippen LogP contribution in [-0.4, -0.2) is 61.5 Å². The zero-order valence-electron chi connectivity index (χ0n) is 12.6. The second kappa shape index (κ2) is 8.77. The molecule has 1 amide bonds. The van der Waals surface area contributed by atoms with Crippen molar-refractivity contribution >= 4 is 5.91 Å². The molecule has 0 aromatic heterocycles. The van der Waals surface area contributed by atoms with E-state index in [2.05, 4.69) is 15.1 Å². The van der Waals surface area contributed by atoms with E-state index < -0.39 is 0 Å². The molecule has 0 bridgehead atoms. The van der Waals surface area contributed by atoms with E-state index in [9.17, 15) is 4.79 Å². The maximum atomic E-state index is 12.0. The average Bonchev–Trinajstić information content (AvgIpc) is 2.53. The SMILES string of the molecule is NCCCN1CCN(CC(=O)NCc2ccccc2)CC1. The van der Waals surface area contributed by atoms with Crippen LogP contribution in [-0.2, 0) is 11.3 Å². The lowest BCUT2D eigenvalue weighted by Gasteiger charge is -2.34. The Morgan fingerprint density at radius 1 is 1.10 bits per heavy atom. The minimum Gasteiger partial charge on any atom is -0.351 e. The molecule has 0 spiro atoms. The Hall–Kier alpha value is -1.43. The van der Waals surface area contributed by atoms with Crippen LogP contribution < -0.4 is 11.1 Å². The van der Waals surface area contributed by atoms with Crippen LogP contribution in [0.5, 0.6) is 0 Å². The first-order valence-corrected chi connectivity index (χ1v) is 7.73. The Balaban J connectivity index is 1.63. The summed E-state index contributed by atoms with van der Waals surface area (Å²) in [5.74, 6) is 0.106. The van der Waals surface area contributed by atoms with E-state index in [0.29, 0.717) is 13.1 Å². The van der Waals surface area contributed by atoms with Crippen molar-refractivity contribution in [1.82, 2.24) is 15.1 Å². The van der Waals surface area contributed by atoms with Gasteiger partial charge in [0, 0.05) is 32.7 Å². The number of hydrogen-bond acceptors (Lipinski definition) is 4. The highest BCUT2D eigenvalue weighted by molar-refractivity contribution is 5.78. The number of benzene rings is 1. The summed E-state index contributed by atoms with van der Waals surface area (Å²) in [7, 11) is 0. The molecule has 21 heavy (non-hydrogen) atoms. The fourth-order valence-corrected chi connectivity index (χ4v) is 2.54. The van der Waals surface area contributed by atoms with Crippen LogP contribution in [0.25, 0.3) is 0 Å². The average molecular weight is 290 g/mol. The predicted molar refractivity (Wildman–Crippen MR) is 84.8 cm³/mol. The fraction of sp³-hybridized carbons (Fsp3) is 0.562. The number of nitrogens with two attached hydrogens (primary N) is 1. The molecule has 1 aromatic carbocycles. The lowest BCUT2D eigenvalue weighted by molar-refractivity contribution is -0.122. The molecular weight excluding hydrogens is 264 g/mol. The van der Waals surface area contributed by atoms with Gasteiger partial charge in [-0.1, -0.05) is 30.3 Å². The first-order chi connectivity index (χ1) is 10.3. The molecule has 116 valence electrons. The van der Waals surface area contributed by atoms with Gasteiger partial charge in [0.15, 0.2) is 0 Å². The summed E-state index contributed by atoms with van der Waals surface area (Å²) in [6.45, 7) is 6.92. The number of nitrogens with zero attached hydrogens (tertiary/aromatic N) is 2. The van der Waals surface area contributed by atoms with E-state index in [4.69, 9.17) is 5.73 Å². The van der Waals surface area contributed by atoms with Gasteiger partial charge in [0.05, 0.1) is 6.54 Å². The van der Waals surface area contributed by atoms with Gasteiger partial charge in [-0.05, 0) is 25.1 Å². The quantitative estimate of drug-likeness (QED) is 0.757. The standard InChI is InChI=1S/C16H26N4O/c17-7-4-8-19-9-11-20(12-10-19)14-16(21)18-13-15-5-2-1-3-6-15/h1-3,5-6H,4,7-14,17H2,(H,18,21). The molecule has 0 radical (unpaired) electrons. The Kier molecular flexibility index (Phi) is 6.66. The first kappa shape index (κ1) is 15.9. The third kappa shape index (κ3) is 5.83. The molecule has 1 aliphatic heterocycles. The van der Waals surface area contributed by atoms with Gasteiger partial charge in [-0.15, -0.1) is 0 Å². The normalized spacial score (nSPS) is 16.8. The van der Waals surface area contributed by atoms with Crippen LogP contribution in [0.2, 0.25) is 0 Å². The smallest absolute Gasteiger partial charge is 0.234 e. The predicted octanol–water partition coefficient (Wildman–Crippen LogP) is 0.269. The molecule has 0 aliphatic carbocycles. The molecule has 1 fully saturated rings. The molecule has 1 heterocycles. The third-order valence-corrected chi connectivity index (χ3v) is 3.84. The van der Waals surface area contributed by atoms with Crippen LogP contribution in [0.4, 0.5) is 0 Å². The van der Waals surface area contributed by atoms with Crippen molar-refractivity contribution < 1.29 is 4.79 Å². The summed E-state index contributed by atoms with van der Waals surface area (Å²) >= 11 is 0. The van der Waals surface area contributed by atoms with Crippen molar-refractivity contribution in [1.29, 1.82) is 0 Å². The van der Waals surface area contributed by atoms with E-state index >= 15 is 0 Å². The van der Waals surface area contributed by atoms with Gasteiger partial charge in [-0.2, -0.15) is 0 Å². The number of carbonyl (C=O) groups is 1. The van der Waals surface area contributed by atoms with E-state index in [1.165, 1.54) is 0 Å². The van der Waals surface area contributed by atoms with Crippen molar-refractivity contribution in [3.8, 4) is 0 Å². The van der Waals surface area contributed by atoms with Crippen LogP contribution in [0.1, 0.15) is 12.0 Å². The summed E-state index contributed by atoms with van der Waals surface area (Å²) in [5.41, 5.74) is 6.67. The molecule has 1 saturated heterocycles. The number of hydrogen-bond donors (Lipinski definition) is 2. The molecule has 5 nitrogen and oxygen atoms in total. The Bertz CT molecular complexity index is 416. The zero-order chi connectivity index (χ0) is 14.9. The fourth-order valence-electron chi connectivity index (χ4n) is 2.54. The van der Waals surface area contributed by atoms with Gasteiger partial charge >= 0.3 is 0 Å². The third-order valence-electron chi connectivity index (χ3n) is 3.84. The van der Waals surface area contributed by atoms with Gasteiger partial charge < -0.3 is 16.0 Å². The zero-order valence-corrected chi connectivity index (χ0v) is 12.6. The Labute approximate surface area is 127 Å². The topological polar surface area (TPSA) is 61.6 Å². The summed E-state index contributed by atoms with van der Waals surface area (Å²) in [5, 5.41) is 2.98. The van der Waals surface area contributed by atoms with Crippen molar-refractivity contribution in [2.75, 3.05) is 45.8 Å². The second-order valence-corrected chi connectivity index (χ2v) is 5.52. The number of amides is 1. The molecule has 3 N–H and O–H groups in total. The van der Waals surface area contributed by atoms with Crippen LogP contribution in [0.15, 0.2) is 30.3 Å². The number of carbonyl (C=O) groups excluding carboxylic acids is 1. The first-order valence-electron chi connectivity index (χ1n) is 7.73. The molecule has 5 heteroatoms. The molecular formula is C16H26N4O. The van der Waals surface area contributed by atoms with E-state index in [1.54, 1.807) is 0 Å². The van der Waals surface area contributed by atoms with Crippen molar-refractivity contribution in [2.45, 2.75) is 13.0 Å². The minimum atomic E-state index is 0.106. The summed E-state index contributed by atoms with van der Waals surface area (Å²) in [6, 6.07) is 10.0. The molecule has 2 rings (SSSR count). The van der Waals surface area contributed by atoms with Gasteiger partial charge in [-0.25, -0.2) is 0 Å². The minimum absolute atomic E-state index is 0.106. The summed E-state index contributed by atoms with van der Waals surface area (Å²) in [4.78, 5) is 16.6. The maximum absolute atomic E-state index is 12.0.